The number of hydrogen-bond acceptors (Lipinski definition) is 3. The maximum Gasteiger partial charge on any atom is 0.143 e. The van der Waals surface area contributed by atoms with Crippen LogP contribution in [0.1, 0.15) is 33.6 Å². The average Bonchev–Trinajstić information content (AvgIpc) is 2.23. The van der Waals surface area contributed by atoms with E-state index in [0.29, 0.717) is 12.0 Å². The summed E-state index contributed by atoms with van der Waals surface area (Å²) < 4.78 is 0.919. The van der Waals surface area contributed by atoms with Gasteiger partial charge in [-0.2, -0.15) is 0 Å². The van der Waals surface area contributed by atoms with Crippen LogP contribution < -0.4 is 5.32 Å². The van der Waals surface area contributed by atoms with Gasteiger partial charge in [0.15, 0.2) is 0 Å². The molecule has 4 heteroatoms. The fourth-order valence-electron chi connectivity index (χ4n) is 1.75. The molecule has 0 spiro atoms. The van der Waals surface area contributed by atoms with Gasteiger partial charge in [-0.3, -0.25) is 0 Å². The minimum atomic E-state index is 0.436. The van der Waals surface area contributed by atoms with Crippen LogP contribution in [-0.4, -0.2) is 16.0 Å². The fourth-order valence-corrected chi connectivity index (χ4v) is 2.08. The van der Waals surface area contributed by atoms with Crippen LogP contribution in [-0.2, 0) is 0 Å². The number of anilines is 1. The molecule has 0 saturated carbocycles. The predicted molar refractivity (Wildman–Crippen MR) is 66.9 cm³/mol. The molecular weight excluding hydrogens is 254 g/mol. The summed E-state index contributed by atoms with van der Waals surface area (Å²) in [5, 5.41) is 3.41. The highest BCUT2D eigenvalue weighted by atomic mass is 79.9. The summed E-state index contributed by atoms with van der Waals surface area (Å²) in [4.78, 5) is 8.14. The topological polar surface area (TPSA) is 37.8 Å². The van der Waals surface area contributed by atoms with E-state index in [0.717, 1.165) is 10.3 Å². The number of hydrogen-bond donors (Lipinski definition) is 1. The van der Waals surface area contributed by atoms with Crippen LogP contribution in [0.3, 0.4) is 0 Å². The molecule has 0 aliphatic heterocycles. The molecule has 84 valence electrons. The first-order chi connectivity index (χ1) is 7.19. The summed E-state index contributed by atoms with van der Waals surface area (Å²) in [5.74, 6) is 1.57. The van der Waals surface area contributed by atoms with Crippen LogP contribution in [0.2, 0.25) is 0 Å². The summed E-state index contributed by atoms with van der Waals surface area (Å²) >= 11 is 3.43. The van der Waals surface area contributed by atoms with E-state index in [4.69, 9.17) is 0 Å². The largest absolute Gasteiger partial charge is 0.366 e. The Hall–Kier alpha value is -0.640. The summed E-state index contributed by atoms with van der Waals surface area (Å²) in [6.07, 6.45) is 5.70. The van der Waals surface area contributed by atoms with Crippen molar-refractivity contribution in [3.63, 3.8) is 0 Å². The van der Waals surface area contributed by atoms with Gasteiger partial charge in [0.1, 0.15) is 12.1 Å². The third-order valence-electron chi connectivity index (χ3n) is 2.79. The zero-order valence-electron chi connectivity index (χ0n) is 9.50. The van der Waals surface area contributed by atoms with Crippen molar-refractivity contribution in [3.05, 3.63) is 17.0 Å². The van der Waals surface area contributed by atoms with Crippen molar-refractivity contribution in [2.24, 2.45) is 5.92 Å². The Morgan fingerprint density at radius 1 is 1.40 bits per heavy atom. The standard InChI is InChI=1S/C11H18BrN3/c1-4-9(5-2)8(3)15-11-10(12)6-13-7-14-11/h6-9H,4-5H2,1-3H3,(H,13,14,15). The molecule has 1 rings (SSSR count). The van der Waals surface area contributed by atoms with E-state index >= 15 is 0 Å². The molecule has 1 aromatic heterocycles. The first-order valence-electron chi connectivity index (χ1n) is 5.41. The molecular formula is C11H18BrN3. The van der Waals surface area contributed by atoms with Gasteiger partial charge in [-0.1, -0.05) is 26.7 Å². The normalized spacial score (nSPS) is 12.9. The number of nitrogens with zero attached hydrogens (tertiary/aromatic N) is 2. The maximum absolute atomic E-state index is 4.20. The SMILES string of the molecule is CCC(CC)C(C)Nc1ncncc1Br. The molecule has 0 saturated heterocycles. The molecule has 1 heterocycles. The first-order valence-corrected chi connectivity index (χ1v) is 6.20. The van der Waals surface area contributed by atoms with Crippen LogP contribution >= 0.6 is 15.9 Å². The molecule has 0 aromatic carbocycles. The fraction of sp³-hybridized carbons (Fsp3) is 0.636. The van der Waals surface area contributed by atoms with Gasteiger partial charge in [-0.25, -0.2) is 9.97 Å². The monoisotopic (exact) mass is 271 g/mol. The van der Waals surface area contributed by atoms with Gasteiger partial charge in [0.05, 0.1) is 4.47 Å². The average molecular weight is 272 g/mol. The van der Waals surface area contributed by atoms with E-state index in [1.54, 1.807) is 12.5 Å². The van der Waals surface area contributed by atoms with E-state index in [9.17, 15) is 0 Å². The molecule has 1 atom stereocenters. The third kappa shape index (κ3) is 3.45. The molecule has 1 aromatic rings. The lowest BCUT2D eigenvalue weighted by Gasteiger charge is -2.23. The summed E-state index contributed by atoms with van der Waals surface area (Å²) in [6, 6.07) is 0.436. The van der Waals surface area contributed by atoms with Gasteiger partial charge in [-0.15, -0.1) is 0 Å². The van der Waals surface area contributed by atoms with Crippen LogP contribution in [0.25, 0.3) is 0 Å². The number of halogens is 1. The first kappa shape index (κ1) is 12.4. The van der Waals surface area contributed by atoms with Gasteiger partial charge < -0.3 is 5.32 Å². The highest BCUT2D eigenvalue weighted by molar-refractivity contribution is 9.10. The second kappa shape index (κ2) is 6.05. The van der Waals surface area contributed by atoms with Crippen molar-refractivity contribution in [1.29, 1.82) is 0 Å². The molecule has 0 aliphatic carbocycles. The van der Waals surface area contributed by atoms with Crippen molar-refractivity contribution in [2.75, 3.05) is 5.32 Å². The molecule has 0 amide bonds. The van der Waals surface area contributed by atoms with Gasteiger partial charge in [0, 0.05) is 12.2 Å². The Bertz CT molecular complexity index is 300. The van der Waals surface area contributed by atoms with Crippen molar-refractivity contribution in [1.82, 2.24) is 9.97 Å². The van der Waals surface area contributed by atoms with Crippen LogP contribution in [0.5, 0.6) is 0 Å². The van der Waals surface area contributed by atoms with E-state index in [1.165, 1.54) is 12.8 Å². The van der Waals surface area contributed by atoms with Crippen molar-refractivity contribution in [2.45, 2.75) is 39.7 Å². The van der Waals surface area contributed by atoms with Gasteiger partial charge in [0.2, 0.25) is 0 Å². The number of nitrogens with one attached hydrogen (secondary N) is 1. The molecule has 3 nitrogen and oxygen atoms in total. The Labute approximate surface area is 99.8 Å². The van der Waals surface area contributed by atoms with Crippen LogP contribution in [0, 0.1) is 5.92 Å². The summed E-state index contributed by atoms with van der Waals surface area (Å²) in [6.45, 7) is 6.65. The molecule has 1 N–H and O–H groups in total. The molecule has 0 aliphatic rings. The molecule has 0 bridgehead atoms. The molecule has 0 fully saturated rings. The predicted octanol–water partition coefficient (Wildman–Crippen LogP) is 3.48. The summed E-state index contributed by atoms with van der Waals surface area (Å²) in [7, 11) is 0. The van der Waals surface area contributed by atoms with Crippen molar-refractivity contribution in [3.8, 4) is 0 Å². The highest BCUT2D eigenvalue weighted by Gasteiger charge is 2.14. The number of rotatable bonds is 5. The van der Waals surface area contributed by atoms with Crippen molar-refractivity contribution >= 4 is 21.7 Å². The minimum Gasteiger partial charge on any atom is -0.366 e. The zero-order chi connectivity index (χ0) is 11.3. The Kier molecular flexibility index (Phi) is 5.02. The second-order valence-electron chi connectivity index (χ2n) is 3.73. The van der Waals surface area contributed by atoms with Crippen molar-refractivity contribution < 1.29 is 0 Å². The lowest BCUT2D eigenvalue weighted by Crippen LogP contribution is -2.25. The maximum atomic E-state index is 4.20. The van der Waals surface area contributed by atoms with Gasteiger partial charge >= 0.3 is 0 Å². The van der Waals surface area contributed by atoms with Gasteiger partial charge in [-0.05, 0) is 28.8 Å². The van der Waals surface area contributed by atoms with Crippen LogP contribution in [0.15, 0.2) is 17.0 Å². The third-order valence-corrected chi connectivity index (χ3v) is 3.37. The van der Waals surface area contributed by atoms with E-state index in [-0.39, 0.29) is 0 Å². The highest BCUT2D eigenvalue weighted by Crippen LogP contribution is 2.21. The number of aromatic nitrogens is 2. The Morgan fingerprint density at radius 2 is 2.07 bits per heavy atom. The molecule has 15 heavy (non-hydrogen) atoms. The van der Waals surface area contributed by atoms with E-state index in [2.05, 4.69) is 52.0 Å². The quantitative estimate of drug-likeness (QED) is 0.891. The second-order valence-corrected chi connectivity index (χ2v) is 4.58. The molecule has 1 unspecified atom stereocenters. The minimum absolute atomic E-state index is 0.436. The zero-order valence-corrected chi connectivity index (χ0v) is 11.1. The van der Waals surface area contributed by atoms with Gasteiger partial charge in [0.25, 0.3) is 0 Å². The van der Waals surface area contributed by atoms with E-state index in [1.807, 2.05) is 0 Å². The van der Waals surface area contributed by atoms with E-state index < -0.39 is 0 Å². The Morgan fingerprint density at radius 3 is 2.60 bits per heavy atom. The van der Waals surface area contributed by atoms with Crippen LogP contribution in [0.4, 0.5) is 5.82 Å². The lowest BCUT2D eigenvalue weighted by atomic mass is 9.95. The molecule has 0 radical (unpaired) electrons. The Balaban J connectivity index is 2.65. The summed E-state index contributed by atoms with van der Waals surface area (Å²) in [5.41, 5.74) is 0. The smallest absolute Gasteiger partial charge is 0.143 e. The lowest BCUT2D eigenvalue weighted by molar-refractivity contribution is 0.437.